The number of rotatable bonds is 7. The lowest BCUT2D eigenvalue weighted by atomic mass is 9.94. The van der Waals surface area contributed by atoms with Crippen molar-refractivity contribution in [2.45, 2.75) is 0 Å². The zero-order valence-corrected chi connectivity index (χ0v) is 23.3. The van der Waals surface area contributed by atoms with E-state index in [0.29, 0.717) is 0 Å². The second-order valence-corrected chi connectivity index (χ2v) is 10.3. The number of aromatic nitrogens is 2. The van der Waals surface area contributed by atoms with Crippen molar-refractivity contribution in [3.8, 4) is 73.0 Å². The number of H-pyrrole nitrogens is 2. The minimum Gasteiger partial charge on any atom is -0.495 e. The maximum absolute atomic E-state index is 6.27. The topological polar surface area (TPSA) is 40.8 Å². The molecule has 0 bridgehead atoms. The highest BCUT2D eigenvalue weighted by Crippen LogP contribution is 2.46. The minimum atomic E-state index is 0.837. The van der Waals surface area contributed by atoms with Crippen LogP contribution in [0.3, 0.4) is 0 Å². The van der Waals surface area contributed by atoms with Crippen LogP contribution in [0.15, 0.2) is 152 Å². The Kier molecular flexibility index (Phi) is 6.75. The van der Waals surface area contributed by atoms with Crippen LogP contribution in [0.1, 0.15) is 0 Å². The fourth-order valence-electron chi connectivity index (χ4n) is 5.73. The fraction of sp³-hybridized carbons (Fsp3) is 0.0256. The molecule has 0 aliphatic carbocycles. The molecule has 7 aromatic rings. The van der Waals surface area contributed by atoms with Crippen LogP contribution in [0.4, 0.5) is 0 Å². The second-order valence-electron chi connectivity index (χ2n) is 10.3. The van der Waals surface area contributed by atoms with E-state index < -0.39 is 0 Å². The summed E-state index contributed by atoms with van der Waals surface area (Å²) >= 11 is 0. The molecule has 0 saturated heterocycles. The van der Waals surface area contributed by atoms with Gasteiger partial charge in [0, 0.05) is 33.6 Å². The van der Waals surface area contributed by atoms with Gasteiger partial charge >= 0.3 is 0 Å². The van der Waals surface area contributed by atoms with E-state index in [1.807, 2.05) is 24.3 Å². The summed E-state index contributed by atoms with van der Waals surface area (Å²) in [5, 5.41) is 0. The van der Waals surface area contributed by atoms with Crippen LogP contribution in [0.2, 0.25) is 0 Å². The van der Waals surface area contributed by atoms with Gasteiger partial charge in [0.2, 0.25) is 0 Å². The van der Waals surface area contributed by atoms with Crippen LogP contribution in [0.5, 0.6) is 5.75 Å². The van der Waals surface area contributed by atoms with Crippen LogP contribution in [0.25, 0.3) is 67.3 Å². The van der Waals surface area contributed by atoms with Gasteiger partial charge in [0.1, 0.15) is 5.75 Å². The van der Waals surface area contributed by atoms with Gasteiger partial charge in [0.25, 0.3) is 0 Å². The predicted octanol–water partition coefficient (Wildman–Crippen LogP) is 10.4. The molecule has 5 aromatic carbocycles. The highest BCUT2D eigenvalue weighted by atomic mass is 16.5. The van der Waals surface area contributed by atoms with Gasteiger partial charge < -0.3 is 14.7 Å². The highest BCUT2D eigenvalue weighted by molar-refractivity contribution is 5.95. The minimum absolute atomic E-state index is 0.837. The van der Waals surface area contributed by atoms with Gasteiger partial charge in [-0.25, -0.2) is 0 Å². The Bertz CT molecular complexity index is 1800. The van der Waals surface area contributed by atoms with E-state index in [1.165, 1.54) is 0 Å². The fourth-order valence-corrected chi connectivity index (χ4v) is 5.73. The quantitative estimate of drug-likeness (QED) is 0.207. The summed E-state index contributed by atoms with van der Waals surface area (Å²) in [5.74, 6) is 0.837. The van der Waals surface area contributed by atoms with Gasteiger partial charge in [0.05, 0.1) is 18.5 Å². The largest absolute Gasteiger partial charge is 0.495 e. The summed E-state index contributed by atoms with van der Waals surface area (Å²) in [7, 11) is 1.77. The van der Waals surface area contributed by atoms with Crippen molar-refractivity contribution >= 4 is 0 Å². The molecule has 2 heterocycles. The second kappa shape index (κ2) is 11.1. The zero-order chi connectivity index (χ0) is 28.3. The first-order chi connectivity index (χ1) is 20.8. The average Bonchev–Trinajstić information content (AvgIpc) is 3.72. The molecule has 0 spiro atoms. The monoisotopic (exact) mass is 542 g/mol. The third kappa shape index (κ3) is 4.71. The van der Waals surface area contributed by atoms with Crippen LogP contribution >= 0.6 is 0 Å². The van der Waals surface area contributed by atoms with E-state index in [9.17, 15) is 0 Å². The molecule has 2 aromatic heterocycles. The summed E-state index contributed by atoms with van der Waals surface area (Å²) in [5.41, 5.74) is 13.0. The number of para-hydroxylation sites is 1. The number of aromatic amines is 2. The Labute approximate surface area is 246 Å². The average molecular weight is 543 g/mol. The number of hydrogen-bond acceptors (Lipinski definition) is 1. The number of benzene rings is 5. The van der Waals surface area contributed by atoms with Crippen molar-refractivity contribution in [1.82, 2.24) is 9.97 Å². The third-order valence-corrected chi connectivity index (χ3v) is 7.73. The summed E-state index contributed by atoms with van der Waals surface area (Å²) in [6.45, 7) is 0. The molecule has 0 amide bonds. The summed E-state index contributed by atoms with van der Waals surface area (Å²) < 4.78 is 6.27. The molecule has 0 radical (unpaired) electrons. The Morgan fingerprint density at radius 3 is 1.10 bits per heavy atom. The molecule has 0 saturated carbocycles. The van der Waals surface area contributed by atoms with Crippen molar-refractivity contribution in [3.63, 3.8) is 0 Å². The molecule has 0 unspecified atom stereocenters. The van der Waals surface area contributed by atoms with Crippen molar-refractivity contribution in [2.75, 3.05) is 7.11 Å². The van der Waals surface area contributed by atoms with Crippen LogP contribution in [0, 0.1) is 0 Å². The highest BCUT2D eigenvalue weighted by Gasteiger charge is 2.22. The van der Waals surface area contributed by atoms with Crippen molar-refractivity contribution in [2.24, 2.45) is 0 Å². The van der Waals surface area contributed by atoms with Crippen LogP contribution in [-0.4, -0.2) is 17.1 Å². The molecule has 2 N–H and O–H groups in total. The van der Waals surface area contributed by atoms with Crippen molar-refractivity contribution in [3.05, 3.63) is 152 Å². The number of nitrogens with one attached hydrogen (secondary N) is 2. The lowest BCUT2D eigenvalue weighted by Crippen LogP contribution is -1.93. The Hall–Kier alpha value is -5.54. The number of ether oxygens (including phenoxy) is 1. The lowest BCUT2D eigenvalue weighted by Gasteiger charge is -2.15. The van der Waals surface area contributed by atoms with Gasteiger partial charge in [-0.1, -0.05) is 140 Å². The van der Waals surface area contributed by atoms with Gasteiger partial charge in [-0.3, -0.25) is 0 Å². The SMILES string of the molecule is COc1c(-c2cc(-c3ccccc3)[nH]c2-c2ccccc2)cccc1-c1cc(-c2ccccc2)[nH]c1-c1ccccc1. The summed E-state index contributed by atoms with van der Waals surface area (Å²) in [6, 6.07) is 52.8. The number of hydrogen-bond donors (Lipinski definition) is 2. The molecule has 7 rings (SSSR count). The molecule has 3 nitrogen and oxygen atoms in total. The van der Waals surface area contributed by atoms with E-state index >= 15 is 0 Å². The maximum Gasteiger partial charge on any atom is 0.134 e. The van der Waals surface area contributed by atoms with Crippen molar-refractivity contribution in [1.29, 1.82) is 0 Å². The van der Waals surface area contributed by atoms with Gasteiger partial charge in [-0.15, -0.1) is 0 Å². The summed E-state index contributed by atoms with van der Waals surface area (Å²) in [4.78, 5) is 7.45. The van der Waals surface area contributed by atoms with E-state index in [2.05, 4.69) is 137 Å². The van der Waals surface area contributed by atoms with Crippen LogP contribution < -0.4 is 4.74 Å². The summed E-state index contributed by atoms with van der Waals surface area (Å²) in [6.07, 6.45) is 0. The molecule has 0 aliphatic rings. The smallest absolute Gasteiger partial charge is 0.134 e. The molecule has 202 valence electrons. The first kappa shape index (κ1) is 25.4. The standard InChI is InChI=1S/C39H30N2O/c1-42-39-31(33-25-35(27-15-6-2-7-16-27)40-37(33)29-19-10-4-11-20-29)23-14-24-32(39)34-26-36(28-17-8-3-9-18-28)41-38(34)30-21-12-5-13-22-30/h2-26,40-41H,1H3. The maximum atomic E-state index is 6.27. The van der Waals surface area contributed by atoms with E-state index in [-0.39, 0.29) is 0 Å². The molecular weight excluding hydrogens is 512 g/mol. The zero-order valence-electron chi connectivity index (χ0n) is 23.3. The van der Waals surface area contributed by atoms with Gasteiger partial charge in [-0.2, -0.15) is 0 Å². The van der Waals surface area contributed by atoms with Crippen molar-refractivity contribution < 1.29 is 4.74 Å². The molecule has 0 fully saturated rings. The first-order valence-electron chi connectivity index (χ1n) is 14.2. The lowest BCUT2D eigenvalue weighted by molar-refractivity contribution is 0.418. The molecule has 42 heavy (non-hydrogen) atoms. The Morgan fingerprint density at radius 2 is 0.738 bits per heavy atom. The first-order valence-corrected chi connectivity index (χ1v) is 14.2. The number of methoxy groups -OCH3 is 1. The third-order valence-electron chi connectivity index (χ3n) is 7.73. The van der Waals surface area contributed by atoms with Gasteiger partial charge in [0.15, 0.2) is 0 Å². The van der Waals surface area contributed by atoms with E-state index in [0.717, 1.165) is 73.0 Å². The Morgan fingerprint density at radius 1 is 0.381 bits per heavy atom. The molecule has 0 aliphatic heterocycles. The predicted molar refractivity (Wildman–Crippen MR) is 174 cm³/mol. The van der Waals surface area contributed by atoms with E-state index in [4.69, 9.17) is 4.74 Å². The Balaban J connectivity index is 1.45. The normalized spacial score (nSPS) is 11.0. The molecule has 3 heteroatoms. The van der Waals surface area contributed by atoms with E-state index in [1.54, 1.807) is 7.11 Å². The molecular formula is C39H30N2O. The van der Waals surface area contributed by atoms with Crippen LogP contribution in [-0.2, 0) is 0 Å². The van der Waals surface area contributed by atoms with Gasteiger partial charge in [-0.05, 0) is 34.4 Å². The molecule has 0 atom stereocenters.